The summed E-state index contributed by atoms with van der Waals surface area (Å²) in [7, 11) is 1.78. The summed E-state index contributed by atoms with van der Waals surface area (Å²) in [5.74, 6) is 2.30. The maximum atomic E-state index is 12.8. The number of rotatable bonds is 4. The van der Waals surface area contributed by atoms with Gasteiger partial charge in [-0.2, -0.15) is 4.98 Å². The number of hydrogen-bond donors (Lipinski definition) is 0. The Kier molecular flexibility index (Phi) is 2.98. The first-order valence-electron chi connectivity index (χ1n) is 11.0. The lowest BCUT2D eigenvalue weighted by Crippen LogP contribution is -2.23. The van der Waals surface area contributed by atoms with Crippen molar-refractivity contribution in [1.82, 2.24) is 34.2 Å². The average Bonchev–Trinajstić information content (AvgIpc) is 3.29. The van der Waals surface area contributed by atoms with Crippen molar-refractivity contribution in [3.63, 3.8) is 0 Å². The van der Waals surface area contributed by atoms with E-state index in [1.54, 1.807) is 17.9 Å². The van der Waals surface area contributed by atoms with Crippen LogP contribution in [0.2, 0.25) is 0 Å². The zero-order chi connectivity index (χ0) is 21.9. The first-order chi connectivity index (χ1) is 16.2. The topological polar surface area (TPSA) is 108 Å². The van der Waals surface area contributed by atoms with Crippen molar-refractivity contribution < 1.29 is 4.52 Å². The van der Waals surface area contributed by atoms with Crippen molar-refractivity contribution in [1.29, 1.82) is 0 Å². The van der Waals surface area contributed by atoms with Gasteiger partial charge in [0.25, 0.3) is 5.56 Å². The molecule has 9 rings (SSSR count). The minimum Gasteiger partial charge on any atom is -0.366 e. The molecule has 162 valence electrons. The van der Waals surface area contributed by atoms with Gasteiger partial charge in [0.2, 0.25) is 5.89 Å². The smallest absolute Gasteiger partial charge is 0.280 e. The van der Waals surface area contributed by atoms with Gasteiger partial charge in [0.15, 0.2) is 17.0 Å². The first kappa shape index (κ1) is 17.5. The molecule has 1 aromatic carbocycles. The van der Waals surface area contributed by atoms with Gasteiger partial charge in [0.1, 0.15) is 12.9 Å². The number of piperidine rings is 1. The second kappa shape index (κ2) is 5.64. The average molecular weight is 438 g/mol. The van der Waals surface area contributed by atoms with Crippen LogP contribution in [-0.2, 0) is 19.0 Å². The van der Waals surface area contributed by atoms with Crippen LogP contribution in [0.1, 0.15) is 11.7 Å². The minimum atomic E-state index is -0.177. The molecule has 1 unspecified atom stereocenters. The zero-order valence-corrected chi connectivity index (χ0v) is 17.7. The standard InChI is InChI=1S/C23H18N8O2/c1-29-10-25-20-18(29)21(32)30(11-26-20)9-16-27-22(28-33-16)23-14-8-31(19(23)17(14)23)13-6-12-4-2-3-5-15(12)24-7-13/h2-7,10-11,14,17,19H,8-9H2,1H3/t14-,17-,19?,23-/m1/s1. The summed E-state index contributed by atoms with van der Waals surface area (Å²) in [5.41, 5.74) is 2.86. The highest BCUT2D eigenvalue weighted by molar-refractivity contribution is 5.82. The second-order valence-electron chi connectivity index (χ2n) is 9.27. The maximum absolute atomic E-state index is 12.8. The van der Waals surface area contributed by atoms with Crippen LogP contribution in [0.3, 0.4) is 0 Å². The van der Waals surface area contributed by atoms with E-state index in [-0.39, 0.29) is 17.5 Å². The normalized spacial score (nSPS) is 26.8. The van der Waals surface area contributed by atoms with E-state index < -0.39 is 0 Å². The molecule has 10 heteroatoms. The SMILES string of the molecule is Cn1cnc2ncn(Cc3nc([C@@]45C6[C@H]4[C@H]5CN6c4cnc5ccccc5c4)no3)c(=O)c21. The molecule has 10 nitrogen and oxygen atoms in total. The highest BCUT2D eigenvalue weighted by Gasteiger charge is 2.95. The van der Waals surface area contributed by atoms with Gasteiger partial charge in [0.05, 0.1) is 29.1 Å². The zero-order valence-electron chi connectivity index (χ0n) is 17.7. The Hall–Kier alpha value is -4.08. The minimum absolute atomic E-state index is 0.0113. The summed E-state index contributed by atoms with van der Waals surface area (Å²) in [5, 5.41) is 5.47. The summed E-state index contributed by atoms with van der Waals surface area (Å²) in [6.45, 7) is 1.17. The fourth-order valence-electron chi connectivity index (χ4n) is 6.04. The van der Waals surface area contributed by atoms with Crippen molar-refractivity contribution in [2.45, 2.75) is 18.0 Å². The van der Waals surface area contributed by atoms with Crippen LogP contribution in [0.25, 0.3) is 22.1 Å². The maximum Gasteiger partial charge on any atom is 0.280 e. The molecule has 2 saturated heterocycles. The Labute approximate surface area is 186 Å². The number of anilines is 1. The van der Waals surface area contributed by atoms with Crippen LogP contribution in [0.15, 0.2) is 58.5 Å². The number of hydrogen-bond acceptors (Lipinski definition) is 8. The third kappa shape index (κ3) is 2.08. The number of nitrogens with zero attached hydrogens (tertiary/aromatic N) is 8. The molecule has 0 radical (unpaired) electrons. The van der Waals surface area contributed by atoms with Gasteiger partial charge in [-0.25, -0.2) is 9.97 Å². The van der Waals surface area contributed by atoms with Crippen molar-refractivity contribution in [2.75, 3.05) is 11.4 Å². The summed E-state index contributed by atoms with van der Waals surface area (Å²) in [4.78, 5) is 33.0. The number of aryl methyl sites for hydroxylation is 1. The molecule has 0 spiro atoms. The van der Waals surface area contributed by atoms with E-state index in [0.717, 1.165) is 29.0 Å². The molecule has 2 aliphatic heterocycles. The predicted octanol–water partition coefficient (Wildman–Crippen LogP) is 1.50. The van der Waals surface area contributed by atoms with Crippen molar-refractivity contribution in [2.24, 2.45) is 18.9 Å². The third-order valence-corrected chi connectivity index (χ3v) is 7.71. The van der Waals surface area contributed by atoms with Crippen LogP contribution in [0, 0.1) is 11.8 Å². The lowest BCUT2D eigenvalue weighted by Gasteiger charge is -2.18. The van der Waals surface area contributed by atoms with E-state index in [9.17, 15) is 4.79 Å². The van der Waals surface area contributed by atoms with Crippen molar-refractivity contribution in [3.8, 4) is 0 Å². The summed E-state index contributed by atoms with van der Waals surface area (Å²) in [6.07, 6.45) is 5.03. The summed E-state index contributed by atoms with van der Waals surface area (Å²) < 4.78 is 8.72. The van der Waals surface area contributed by atoms with Crippen LogP contribution in [0.4, 0.5) is 5.69 Å². The van der Waals surface area contributed by atoms with Crippen molar-refractivity contribution >= 4 is 27.8 Å². The Morgan fingerprint density at radius 2 is 2.06 bits per heavy atom. The van der Waals surface area contributed by atoms with E-state index in [2.05, 4.69) is 37.1 Å². The molecular formula is C23H18N8O2. The first-order valence-corrected chi connectivity index (χ1v) is 11.0. The molecule has 4 fully saturated rings. The van der Waals surface area contributed by atoms with Crippen LogP contribution in [0.5, 0.6) is 0 Å². The molecular weight excluding hydrogens is 420 g/mol. The van der Waals surface area contributed by atoms with Crippen molar-refractivity contribution in [3.05, 3.63) is 71.3 Å². The number of fused-ring (bicyclic) bond motifs is 3. The molecule has 6 heterocycles. The van der Waals surface area contributed by atoms with Gasteiger partial charge >= 0.3 is 0 Å². The molecule has 2 aliphatic carbocycles. The predicted molar refractivity (Wildman–Crippen MR) is 118 cm³/mol. The fraction of sp³-hybridized carbons (Fsp3) is 0.304. The lowest BCUT2D eigenvalue weighted by atomic mass is 10.1. The van der Waals surface area contributed by atoms with Crippen LogP contribution < -0.4 is 10.5 Å². The van der Waals surface area contributed by atoms with Gasteiger partial charge in [-0.15, -0.1) is 0 Å². The van der Waals surface area contributed by atoms with Gasteiger partial charge < -0.3 is 14.0 Å². The molecule has 4 aromatic heterocycles. The number of benzene rings is 1. The Morgan fingerprint density at radius 1 is 1.18 bits per heavy atom. The van der Waals surface area contributed by atoms with Crippen LogP contribution >= 0.6 is 0 Å². The second-order valence-corrected chi connectivity index (χ2v) is 9.27. The van der Waals surface area contributed by atoms with Gasteiger partial charge in [-0.1, -0.05) is 23.4 Å². The quantitative estimate of drug-likeness (QED) is 0.415. The Bertz CT molecular complexity index is 1660. The van der Waals surface area contributed by atoms with Gasteiger partial charge in [-0.3, -0.25) is 14.3 Å². The fourth-order valence-corrected chi connectivity index (χ4v) is 6.04. The van der Waals surface area contributed by atoms with Gasteiger partial charge in [0, 0.05) is 30.9 Å². The number of imidazole rings is 1. The highest BCUT2D eigenvalue weighted by atomic mass is 16.5. The van der Waals surface area contributed by atoms with E-state index in [1.165, 1.54) is 10.9 Å². The molecule has 0 amide bonds. The molecule has 4 aliphatic rings. The molecule has 2 bridgehead atoms. The molecule has 5 aromatic rings. The molecule has 0 N–H and O–H groups in total. The number of pyridine rings is 1. The lowest BCUT2D eigenvalue weighted by molar-refractivity contribution is 0.362. The number of para-hydroxylation sites is 1. The van der Waals surface area contributed by atoms with Crippen LogP contribution in [-0.4, -0.2) is 46.8 Å². The molecule has 33 heavy (non-hydrogen) atoms. The van der Waals surface area contributed by atoms with E-state index in [1.807, 2.05) is 24.4 Å². The van der Waals surface area contributed by atoms with E-state index in [0.29, 0.717) is 34.9 Å². The largest absolute Gasteiger partial charge is 0.366 e. The van der Waals surface area contributed by atoms with E-state index in [4.69, 9.17) is 9.51 Å². The van der Waals surface area contributed by atoms with Gasteiger partial charge in [-0.05, 0) is 18.1 Å². The van der Waals surface area contributed by atoms with E-state index >= 15 is 0 Å². The molecule has 2 saturated carbocycles. The monoisotopic (exact) mass is 438 g/mol. The molecule has 4 atom stereocenters. The highest BCUT2D eigenvalue weighted by Crippen LogP contribution is 2.85. The Balaban J connectivity index is 1.08. The summed E-state index contributed by atoms with van der Waals surface area (Å²) >= 11 is 0. The Morgan fingerprint density at radius 3 is 2.97 bits per heavy atom. The summed E-state index contributed by atoms with van der Waals surface area (Å²) in [6, 6.07) is 10.8. The number of aromatic nitrogens is 7. The third-order valence-electron chi connectivity index (χ3n) is 7.71.